The highest BCUT2D eigenvalue weighted by Gasteiger charge is 2.39. The van der Waals surface area contributed by atoms with E-state index in [0.29, 0.717) is 18.5 Å². The highest BCUT2D eigenvalue weighted by Crippen LogP contribution is 2.31. The molecule has 2 aliphatic heterocycles. The van der Waals surface area contributed by atoms with Crippen LogP contribution in [0.25, 0.3) is 0 Å². The van der Waals surface area contributed by atoms with Gasteiger partial charge in [-0.1, -0.05) is 20.3 Å². The topological polar surface area (TPSA) is 75.7 Å². The normalized spacial score (nSPS) is 22.7. The van der Waals surface area contributed by atoms with Crippen molar-refractivity contribution in [3.8, 4) is 5.75 Å². The Morgan fingerprint density at radius 2 is 1.78 bits per heavy atom. The van der Waals surface area contributed by atoms with Crippen molar-refractivity contribution in [3.63, 3.8) is 0 Å². The average molecular weight is 372 g/mol. The Balaban J connectivity index is 0.00000102. The van der Waals surface area contributed by atoms with Crippen molar-refractivity contribution < 1.29 is 19.1 Å². The number of ether oxygens (including phenoxy) is 1. The van der Waals surface area contributed by atoms with Gasteiger partial charge in [-0.15, -0.1) is 0 Å². The number of amides is 3. The van der Waals surface area contributed by atoms with Crippen LogP contribution in [0.5, 0.6) is 5.75 Å². The Morgan fingerprint density at radius 1 is 1.04 bits per heavy atom. The number of rotatable bonds is 3. The SMILES string of the molecule is CC.O=C1CCC(N2Cc3cc(OC4CCCCC4)ccc3C2=O)C(=O)N1. The van der Waals surface area contributed by atoms with E-state index in [9.17, 15) is 14.4 Å². The van der Waals surface area contributed by atoms with E-state index in [1.165, 1.54) is 19.3 Å². The van der Waals surface area contributed by atoms with E-state index in [2.05, 4.69) is 5.32 Å². The Hall–Kier alpha value is -2.37. The molecule has 2 fully saturated rings. The lowest BCUT2D eigenvalue weighted by Crippen LogP contribution is -2.52. The van der Waals surface area contributed by atoms with Gasteiger partial charge >= 0.3 is 0 Å². The summed E-state index contributed by atoms with van der Waals surface area (Å²) in [5, 5.41) is 2.32. The van der Waals surface area contributed by atoms with Gasteiger partial charge in [-0.3, -0.25) is 19.7 Å². The fraction of sp³-hybridized carbons (Fsp3) is 0.571. The molecule has 1 aromatic rings. The van der Waals surface area contributed by atoms with Crippen molar-refractivity contribution in [3.05, 3.63) is 29.3 Å². The summed E-state index contributed by atoms with van der Waals surface area (Å²) in [5.74, 6) is 0.00181. The third-order valence-electron chi connectivity index (χ3n) is 5.35. The zero-order valence-electron chi connectivity index (χ0n) is 16.1. The highest BCUT2D eigenvalue weighted by atomic mass is 16.5. The van der Waals surface area contributed by atoms with Gasteiger partial charge in [0.05, 0.1) is 6.10 Å². The molecule has 0 bridgehead atoms. The van der Waals surface area contributed by atoms with Crippen LogP contribution >= 0.6 is 0 Å². The summed E-state index contributed by atoms with van der Waals surface area (Å²) < 4.78 is 6.08. The lowest BCUT2D eigenvalue weighted by molar-refractivity contribution is -0.136. The minimum atomic E-state index is -0.569. The number of carbonyl (C=O) groups excluding carboxylic acids is 3. The molecule has 1 aliphatic carbocycles. The third kappa shape index (κ3) is 4.15. The summed E-state index contributed by atoms with van der Waals surface area (Å²) in [6.07, 6.45) is 6.77. The maximum absolute atomic E-state index is 12.6. The molecule has 1 N–H and O–H groups in total. The molecule has 3 amide bonds. The van der Waals surface area contributed by atoms with E-state index < -0.39 is 6.04 Å². The first-order valence-electron chi connectivity index (χ1n) is 10.1. The number of piperidine rings is 1. The molecule has 27 heavy (non-hydrogen) atoms. The second-order valence-electron chi connectivity index (χ2n) is 7.10. The highest BCUT2D eigenvalue weighted by molar-refractivity contribution is 6.05. The second-order valence-corrected chi connectivity index (χ2v) is 7.10. The molecular weight excluding hydrogens is 344 g/mol. The predicted molar refractivity (Wildman–Crippen MR) is 101 cm³/mol. The molecule has 1 saturated heterocycles. The van der Waals surface area contributed by atoms with Gasteiger partial charge in [0.2, 0.25) is 11.8 Å². The zero-order chi connectivity index (χ0) is 19.4. The molecule has 4 rings (SSSR count). The minimum absolute atomic E-state index is 0.145. The number of carbonyl (C=O) groups is 3. The van der Waals surface area contributed by atoms with Gasteiger partial charge in [0, 0.05) is 18.5 Å². The monoisotopic (exact) mass is 372 g/mol. The predicted octanol–water partition coefficient (Wildman–Crippen LogP) is 3.19. The molecule has 146 valence electrons. The lowest BCUT2D eigenvalue weighted by Gasteiger charge is -2.29. The van der Waals surface area contributed by atoms with E-state index >= 15 is 0 Å². The van der Waals surface area contributed by atoms with Crippen molar-refractivity contribution in [2.24, 2.45) is 0 Å². The Morgan fingerprint density at radius 3 is 2.48 bits per heavy atom. The average Bonchev–Trinajstić information content (AvgIpc) is 3.00. The summed E-state index contributed by atoms with van der Waals surface area (Å²) in [7, 11) is 0. The number of hydrogen-bond acceptors (Lipinski definition) is 4. The fourth-order valence-corrected chi connectivity index (χ4v) is 4.00. The molecular formula is C21H28N2O4. The number of imide groups is 1. The molecule has 6 nitrogen and oxygen atoms in total. The van der Waals surface area contributed by atoms with Crippen molar-refractivity contribution in [2.75, 3.05) is 0 Å². The van der Waals surface area contributed by atoms with Crippen LogP contribution in [-0.2, 0) is 16.1 Å². The van der Waals surface area contributed by atoms with E-state index in [-0.39, 0.29) is 30.2 Å². The van der Waals surface area contributed by atoms with Crippen LogP contribution in [-0.4, -0.2) is 34.8 Å². The largest absolute Gasteiger partial charge is 0.490 e. The molecule has 1 unspecified atom stereocenters. The van der Waals surface area contributed by atoms with Gasteiger partial charge in [-0.25, -0.2) is 0 Å². The van der Waals surface area contributed by atoms with Crippen LogP contribution in [0.4, 0.5) is 0 Å². The van der Waals surface area contributed by atoms with Crippen molar-refractivity contribution in [1.29, 1.82) is 0 Å². The van der Waals surface area contributed by atoms with E-state index in [0.717, 1.165) is 24.2 Å². The van der Waals surface area contributed by atoms with Crippen molar-refractivity contribution >= 4 is 17.7 Å². The van der Waals surface area contributed by atoms with Crippen LogP contribution in [0, 0.1) is 0 Å². The summed E-state index contributed by atoms with van der Waals surface area (Å²) in [5.41, 5.74) is 1.52. The fourth-order valence-electron chi connectivity index (χ4n) is 4.00. The smallest absolute Gasteiger partial charge is 0.255 e. The molecule has 2 heterocycles. The third-order valence-corrected chi connectivity index (χ3v) is 5.35. The van der Waals surface area contributed by atoms with Gasteiger partial charge in [0.25, 0.3) is 5.91 Å². The lowest BCUT2D eigenvalue weighted by atomic mass is 9.98. The first-order chi connectivity index (χ1) is 13.1. The molecule has 0 aromatic heterocycles. The Kier molecular flexibility index (Phi) is 6.14. The first-order valence-corrected chi connectivity index (χ1v) is 10.1. The van der Waals surface area contributed by atoms with E-state index in [4.69, 9.17) is 4.74 Å². The maximum atomic E-state index is 12.6. The summed E-state index contributed by atoms with van der Waals surface area (Å²) in [6.45, 7) is 4.39. The quantitative estimate of drug-likeness (QED) is 0.827. The summed E-state index contributed by atoms with van der Waals surface area (Å²) >= 11 is 0. The van der Waals surface area contributed by atoms with E-state index in [1.807, 2.05) is 26.0 Å². The molecule has 6 heteroatoms. The molecule has 0 radical (unpaired) electrons. The zero-order valence-corrected chi connectivity index (χ0v) is 16.1. The summed E-state index contributed by atoms with van der Waals surface area (Å²) in [4.78, 5) is 37.6. The van der Waals surface area contributed by atoms with Crippen LogP contribution in [0.1, 0.15) is 74.7 Å². The van der Waals surface area contributed by atoms with Crippen LogP contribution in [0.3, 0.4) is 0 Å². The van der Waals surface area contributed by atoms with Crippen molar-refractivity contribution in [2.45, 2.75) is 77.5 Å². The minimum Gasteiger partial charge on any atom is -0.490 e. The van der Waals surface area contributed by atoms with Gasteiger partial charge in [0.1, 0.15) is 11.8 Å². The van der Waals surface area contributed by atoms with Gasteiger partial charge in [-0.2, -0.15) is 0 Å². The number of nitrogens with zero attached hydrogens (tertiary/aromatic N) is 1. The van der Waals surface area contributed by atoms with Crippen LogP contribution < -0.4 is 10.1 Å². The number of fused-ring (bicyclic) bond motifs is 1. The first kappa shape index (κ1) is 19.4. The standard InChI is InChI=1S/C19H22N2O4.C2H6/c22-17-9-8-16(18(23)20-17)21-11-12-10-14(6-7-15(12)19(21)24)25-13-4-2-1-3-5-13;1-2/h6-7,10,13,16H,1-5,8-9,11H2,(H,20,22,23);1-2H3. The number of nitrogens with one attached hydrogen (secondary N) is 1. The van der Waals surface area contributed by atoms with Gasteiger partial charge in [0.15, 0.2) is 0 Å². The second kappa shape index (κ2) is 8.55. The summed E-state index contributed by atoms with van der Waals surface area (Å²) in [6, 6.07) is 5.00. The van der Waals surface area contributed by atoms with Gasteiger partial charge < -0.3 is 9.64 Å². The van der Waals surface area contributed by atoms with Crippen LogP contribution in [0.2, 0.25) is 0 Å². The van der Waals surface area contributed by atoms with E-state index in [1.54, 1.807) is 11.0 Å². The molecule has 3 aliphatic rings. The number of hydrogen-bond donors (Lipinski definition) is 1. The molecule has 1 atom stereocenters. The maximum Gasteiger partial charge on any atom is 0.255 e. The van der Waals surface area contributed by atoms with Crippen molar-refractivity contribution in [1.82, 2.24) is 10.2 Å². The molecule has 1 aromatic carbocycles. The number of benzene rings is 1. The Labute approximate surface area is 160 Å². The Bertz CT molecular complexity index is 725. The molecule has 1 saturated carbocycles. The molecule has 0 spiro atoms. The van der Waals surface area contributed by atoms with Gasteiger partial charge in [-0.05, 0) is 55.9 Å². The van der Waals surface area contributed by atoms with Crippen LogP contribution in [0.15, 0.2) is 18.2 Å².